The molecule has 1 saturated heterocycles. The molecule has 0 aromatic heterocycles. The molecule has 0 atom stereocenters. The molecule has 1 rings (SSSR count). The van der Waals surface area contributed by atoms with Crippen LogP contribution in [0.2, 0.25) is 0 Å². The molecule has 7 nitrogen and oxygen atoms in total. The number of nitrogens with zero attached hydrogens (tertiary/aromatic N) is 3. The first-order valence-corrected chi connectivity index (χ1v) is 11.1. The van der Waals surface area contributed by atoms with Crippen molar-refractivity contribution in [3.63, 3.8) is 0 Å². The topological polar surface area (TPSA) is 77.0 Å². The molecule has 0 amide bonds. The minimum absolute atomic E-state index is 0.145. The maximum Gasteiger partial charge on any atom is 0.213 e. The molecule has 0 aromatic carbocycles. The first-order valence-electron chi connectivity index (χ1n) is 9.53. The van der Waals surface area contributed by atoms with Gasteiger partial charge in [0, 0.05) is 51.9 Å². The second-order valence-electron chi connectivity index (χ2n) is 6.88. The Hall–Kier alpha value is -0.860. The van der Waals surface area contributed by atoms with E-state index in [1.54, 1.807) is 14.0 Å². The fourth-order valence-corrected chi connectivity index (χ4v) is 3.77. The Kier molecular flexibility index (Phi) is 9.74. The molecule has 0 unspecified atom stereocenters. The molecule has 2 N–H and O–H groups in total. The van der Waals surface area contributed by atoms with Crippen LogP contribution in [0.3, 0.4) is 0 Å². The predicted octanol–water partition coefficient (Wildman–Crippen LogP) is 1.09. The molecule has 0 radical (unpaired) electrons. The van der Waals surface area contributed by atoms with Gasteiger partial charge in [-0.05, 0) is 47.0 Å². The fourth-order valence-electron chi connectivity index (χ4n) is 2.92. The maximum absolute atomic E-state index is 11.7. The molecule has 0 spiro atoms. The third-order valence-corrected chi connectivity index (χ3v) is 6.55. The van der Waals surface area contributed by atoms with Gasteiger partial charge in [0.15, 0.2) is 5.96 Å². The van der Waals surface area contributed by atoms with Crippen LogP contribution in [0.4, 0.5) is 0 Å². The van der Waals surface area contributed by atoms with E-state index in [9.17, 15) is 8.42 Å². The van der Waals surface area contributed by atoms with E-state index in [1.165, 1.54) is 4.31 Å². The zero-order valence-corrected chi connectivity index (χ0v) is 17.4. The minimum atomic E-state index is -3.10. The number of rotatable bonds is 9. The standard InChI is InChI=1S/C17H37N5O2S/c1-6-18-17(19-11-8-12-21(5)25(23,24)7-2)20-16-9-13-22(14-10-16)15(3)4/h15-16H,6-14H2,1-5H3,(H2,18,19,20). The summed E-state index contributed by atoms with van der Waals surface area (Å²) in [6, 6.07) is 1.06. The van der Waals surface area contributed by atoms with Gasteiger partial charge in [0.05, 0.1) is 5.75 Å². The number of likely N-dealkylation sites (tertiary alicyclic amines) is 1. The lowest BCUT2D eigenvalue weighted by atomic mass is 10.0. The Bertz CT molecular complexity index is 499. The lowest BCUT2D eigenvalue weighted by Gasteiger charge is -2.35. The molecule has 8 heteroatoms. The van der Waals surface area contributed by atoms with Crippen LogP contribution in [0.25, 0.3) is 0 Å². The van der Waals surface area contributed by atoms with Crippen molar-refractivity contribution in [1.29, 1.82) is 0 Å². The summed E-state index contributed by atoms with van der Waals surface area (Å²) in [7, 11) is -1.46. The van der Waals surface area contributed by atoms with E-state index >= 15 is 0 Å². The minimum Gasteiger partial charge on any atom is -0.357 e. The first kappa shape index (κ1) is 22.2. The third kappa shape index (κ3) is 7.92. The van der Waals surface area contributed by atoms with E-state index in [1.807, 2.05) is 0 Å². The quantitative estimate of drug-likeness (QED) is 0.358. The summed E-state index contributed by atoms with van der Waals surface area (Å²) in [6.45, 7) is 12.4. The van der Waals surface area contributed by atoms with Crippen LogP contribution in [0.5, 0.6) is 0 Å². The third-order valence-electron chi connectivity index (χ3n) is 4.69. The molecule has 25 heavy (non-hydrogen) atoms. The number of piperidine rings is 1. The molecule has 1 aliphatic rings. The van der Waals surface area contributed by atoms with Gasteiger partial charge in [-0.15, -0.1) is 0 Å². The molecule has 0 saturated carbocycles. The molecule has 0 bridgehead atoms. The van der Waals surface area contributed by atoms with Crippen LogP contribution >= 0.6 is 0 Å². The monoisotopic (exact) mass is 375 g/mol. The Morgan fingerprint density at radius 1 is 1.28 bits per heavy atom. The van der Waals surface area contributed by atoms with Crippen LogP contribution in [0, 0.1) is 0 Å². The van der Waals surface area contributed by atoms with Gasteiger partial charge in [-0.2, -0.15) is 0 Å². The number of sulfonamides is 1. The van der Waals surface area contributed by atoms with Crippen LogP contribution in [-0.2, 0) is 10.0 Å². The zero-order chi connectivity index (χ0) is 18.9. The number of hydrogen-bond acceptors (Lipinski definition) is 4. The van der Waals surface area contributed by atoms with Gasteiger partial charge in [0.25, 0.3) is 0 Å². The van der Waals surface area contributed by atoms with Gasteiger partial charge < -0.3 is 15.5 Å². The van der Waals surface area contributed by atoms with E-state index in [2.05, 4.69) is 41.3 Å². The molecule has 1 aliphatic heterocycles. The van der Waals surface area contributed by atoms with Crippen molar-refractivity contribution in [2.75, 3.05) is 45.5 Å². The Morgan fingerprint density at radius 3 is 2.44 bits per heavy atom. The van der Waals surface area contributed by atoms with E-state index in [-0.39, 0.29) is 5.75 Å². The van der Waals surface area contributed by atoms with Gasteiger partial charge in [0.1, 0.15) is 0 Å². The molecule has 148 valence electrons. The van der Waals surface area contributed by atoms with E-state index in [4.69, 9.17) is 0 Å². The lowest BCUT2D eigenvalue weighted by Crippen LogP contribution is -2.49. The van der Waals surface area contributed by atoms with Gasteiger partial charge in [0.2, 0.25) is 10.0 Å². The Morgan fingerprint density at radius 2 is 1.92 bits per heavy atom. The van der Waals surface area contributed by atoms with Crippen molar-refractivity contribution in [3.8, 4) is 0 Å². The first-order chi connectivity index (χ1) is 11.8. The van der Waals surface area contributed by atoms with Gasteiger partial charge in [-0.1, -0.05) is 0 Å². The highest BCUT2D eigenvalue weighted by atomic mass is 32.2. The summed E-state index contributed by atoms with van der Waals surface area (Å²) in [4.78, 5) is 7.11. The molecule has 1 heterocycles. The molecule has 0 aromatic rings. The Labute approximate surface area is 154 Å². The highest BCUT2D eigenvalue weighted by Gasteiger charge is 2.21. The van der Waals surface area contributed by atoms with Crippen molar-refractivity contribution in [1.82, 2.24) is 19.8 Å². The highest BCUT2D eigenvalue weighted by molar-refractivity contribution is 7.89. The van der Waals surface area contributed by atoms with Crippen molar-refractivity contribution in [3.05, 3.63) is 0 Å². The van der Waals surface area contributed by atoms with Crippen LogP contribution in [0.15, 0.2) is 4.99 Å². The summed E-state index contributed by atoms with van der Waals surface area (Å²) >= 11 is 0. The lowest BCUT2D eigenvalue weighted by molar-refractivity contribution is 0.167. The largest absolute Gasteiger partial charge is 0.357 e. The Balaban J connectivity index is 2.42. The van der Waals surface area contributed by atoms with Crippen molar-refractivity contribution in [2.24, 2.45) is 4.99 Å². The normalized spacial score (nSPS) is 18.1. The van der Waals surface area contributed by atoms with Crippen LogP contribution in [-0.4, -0.2) is 81.2 Å². The van der Waals surface area contributed by atoms with Crippen LogP contribution < -0.4 is 10.6 Å². The van der Waals surface area contributed by atoms with Crippen molar-refractivity contribution >= 4 is 16.0 Å². The second-order valence-corrected chi connectivity index (χ2v) is 9.25. The van der Waals surface area contributed by atoms with Crippen molar-refractivity contribution in [2.45, 2.75) is 59.0 Å². The summed E-state index contributed by atoms with van der Waals surface area (Å²) in [6.07, 6.45) is 2.97. The summed E-state index contributed by atoms with van der Waals surface area (Å²) < 4.78 is 24.9. The average molecular weight is 376 g/mol. The second kappa shape index (κ2) is 11.0. The molecular weight excluding hydrogens is 338 g/mol. The molecule has 0 aliphatic carbocycles. The summed E-state index contributed by atoms with van der Waals surface area (Å²) in [5.74, 6) is 0.984. The van der Waals surface area contributed by atoms with Gasteiger partial charge in [-0.25, -0.2) is 12.7 Å². The van der Waals surface area contributed by atoms with E-state index in [0.29, 0.717) is 25.2 Å². The zero-order valence-electron chi connectivity index (χ0n) is 16.6. The molecule has 1 fully saturated rings. The van der Waals surface area contributed by atoms with Gasteiger partial charge >= 0.3 is 0 Å². The number of aliphatic imine (C=N–C) groups is 1. The fraction of sp³-hybridized carbons (Fsp3) is 0.941. The number of hydrogen-bond donors (Lipinski definition) is 2. The average Bonchev–Trinajstić information content (AvgIpc) is 2.58. The number of guanidine groups is 1. The maximum atomic E-state index is 11.7. The van der Waals surface area contributed by atoms with Crippen molar-refractivity contribution < 1.29 is 8.42 Å². The SMILES string of the molecule is CCNC(=NCCCN(C)S(=O)(=O)CC)NC1CCN(C(C)C)CC1. The number of nitrogens with one attached hydrogen (secondary N) is 2. The molecular formula is C17H37N5O2S. The smallest absolute Gasteiger partial charge is 0.213 e. The predicted molar refractivity (Wildman–Crippen MR) is 106 cm³/mol. The highest BCUT2D eigenvalue weighted by Crippen LogP contribution is 2.12. The van der Waals surface area contributed by atoms with E-state index in [0.717, 1.165) is 44.9 Å². The van der Waals surface area contributed by atoms with Gasteiger partial charge in [-0.3, -0.25) is 4.99 Å². The summed E-state index contributed by atoms with van der Waals surface area (Å²) in [5, 5.41) is 6.81. The summed E-state index contributed by atoms with van der Waals surface area (Å²) in [5.41, 5.74) is 0. The van der Waals surface area contributed by atoms with Crippen LogP contribution in [0.1, 0.15) is 47.0 Å². The van der Waals surface area contributed by atoms with E-state index < -0.39 is 10.0 Å².